The van der Waals surface area contributed by atoms with E-state index in [1.807, 2.05) is 0 Å². The lowest BCUT2D eigenvalue weighted by Gasteiger charge is -2.19. The summed E-state index contributed by atoms with van der Waals surface area (Å²) in [5, 5.41) is 8.47. The van der Waals surface area contributed by atoms with Crippen LogP contribution in [0.3, 0.4) is 0 Å². The highest BCUT2D eigenvalue weighted by Crippen LogP contribution is 2.41. The van der Waals surface area contributed by atoms with Crippen molar-refractivity contribution in [2.24, 2.45) is 4.99 Å². The molecule has 11 rings (SSSR count). The van der Waals surface area contributed by atoms with E-state index in [9.17, 15) is 0 Å². The Morgan fingerprint density at radius 3 is 1.96 bits per heavy atom. The maximum absolute atomic E-state index is 6.68. The largest absolute Gasteiger partial charge is 0.456 e. The average molecular weight is 706 g/mol. The molecule has 2 aromatic heterocycles. The van der Waals surface area contributed by atoms with Crippen molar-refractivity contribution in [1.82, 2.24) is 9.88 Å². The first-order chi connectivity index (χ1) is 27.3. The molecule has 1 aliphatic rings. The van der Waals surface area contributed by atoms with Crippen LogP contribution in [0.2, 0.25) is 0 Å². The van der Waals surface area contributed by atoms with Crippen LogP contribution in [-0.2, 0) is 0 Å². The number of hydrogen-bond donors (Lipinski definition) is 1. The van der Waals surface area contributed by atoms with Crippen LogP contribution in [0.1, 0.15) is 28.8 Å². The quantitative estimate of drug-likeness (QED) is 0.187. The number of aromatic nitrogens is 1. The Balaban J connectivity index is 1.01. The Bertz CT molecular complexity index is 3070. The molecule has 260 valence electrons. The van der Waals surface area contributed by atoms with Crippen LogP contribution < -0.4 is 5.32 Å². The van der Waals surface area contributed by atoms with Crippen LogP contribution in [0.15, 0.2) is 204 Å². The zero-order valence-corrected chi connectivity index (χ0v) is 29.9. The van der Waals surface area contributed by atoms with Crippen molar-refractivity contribution in [3.8, 4) is 27.9 Å². The van der Waals surface area contributed by atoms with E-state index >= 15 is 0 Å². The highest BCUT2D eigenvalue weighted by molar-refractivity contribution is 6.14. The molecule has 0 aliphatic carbocycles. The summed E-state index contributed by atoms with van der Waals surface area (Å²) < 4.78 is 9.05. The lowest BCUT2D eigenvalue weighted by molar-refractivity contribution is 0.572. The predicted octanol–water partition coefficient (Wildman–Crippen LogP) is 12.8. The summed E-state index contributed by atoms with van der Waals surface area (Å²) in [6.45, 7) is 0. The molecule has 0 amide bonds. The Morgan fingerprint density at radius 2 is 1.13 bits per heavy atom. The smallest absolute Gasteiger partial charge is 0.137 e. The van der Waals surface area contributed by atoms with E-state index in [-0.39, 0.29) is 12.1 Å². The van der Waals surface area contributed by atoms with Gasteiger partial charge in [0.05, 0.1) is 17.1 Å². The number of benzene rings is 8. The van der Waals surface area contributed by atoms with Crippen LogP contribution in [0.25, 0.3) is 71.7 Å². The second kappa shape index (κ2) is 12.8. The third-order valence-corrected chi connectivity index (χ3v) is 11.1. The van der Waals surface area contributed by atoms with Gasteiger partial charge >= 0.3 is 0 Å². The minimum absolute atomic E-state index is 0.0304. The summed E-state index contributed by atoms with van der Waals surface area (Å²) in [5.74, 6) is 0.903. The van der Waals surface area contributed by atoms with E-state index in [1.165, 1.54) is 44.1 Å². The second-order valence-corrected chi connectivity index (χ2v) is 14.4. The maximum Gasteiger partial charge on any atom is 0.137 e. The molecule has 1 unspecified atom stereocenters. The molecular weight excluding hydrogens is 671 g/mol. The summed E-state index contributed by atoms with van der Waals surface area (Å²) in [4.78, 5) is 5.31. The molecule has 4 heteroatoms. The number of nitrogens with one attached hydrogen (secondary N) is 1. The lowest BCUT2D eigenvalue weighted by atomic mass is 9.95. The number of para-hydroxylation sites is 1. The van der Waals surface area contributed by atoms with E-state index in [2.05, 4.69) is 204 Å². The van der Waals surface area contributed by atoms with Gasteiger partial charge in [-0.05, 0) is 69.8 Å². The Kier molecular flexibility index (Phi) is 7.27. The van der Waals surface area contributed by atoms with E-state index in [4.69, 9.17) is 9.41 Å². The third kappa shape index (κ3) is 5.25. The fourth-order valence-corrected chi connectivity index (χ4v) is 8.57. The van der Waals surface area contributed by atoms with Gasteiger partial charge in [-0.1, -0.05) is 152 Å². The number of hydrogen-bond acceptors (Lipinski definition) is 3. The van der Waals surface area contributed by atoms with Crippen molar-refractivity contribution in [2.45, 2.75) is 12.1 Å². The number of furan rings is 1. The third-order valence-electron chi connectivity index (χ3n) is 11.1. The van der Waals surface area contributed by atoms with Gasteiger partial charge in [-0.2, -0.15) is 0 Å². The molecule has 0 saturated carbocycles. The number of rotatable bonds is 6. The molecule has 0 bridgehead atoms. The fourth-order valence-electron chi connectivity index (χ4n) is 8.57. The van der Waals surface area contributed by atoms with Crippen LogP contribution in [0.5, 0.6) is 0 Å². The zero-order valence-electron chi connectivity index (χ0n) is 29.9. The minimum atomic E-state index is -0.0304. The summed E-state index contributed by atoms with van der Waals surface area (Å²) in [6.07, 6.45) is 0. The van der Waals surface area contributed by atoms with Gasteiger partial charge in [0.25, 0.3) is 0 Å². The topological polar surface area (TPSA) is 42.5 Å². The fraction of sp³-hybridized carbons (Fsp3) is 0.0392. The van der Waals surface area contributed by atoms with E-state index in [0.29, 0.717) is 0 Å². The molecule has 55 heavy (non-hydrogen) atoms. The van der Waals surface area contributed by atoms with Gasteiger partial charge in [-0.15, -0.1) is 0 Å². The Labute approximate surface area is 318 Å². The summed E-state index contributed by atoms with van der Waals surface area (Å²) >= 11 is 0. The Hall–Kier alpha value is -7.17. The van der Waals surface area contributed by atoms with E-state index < -0.39 is 0 Å². The van der Waals surface area contributed by atoms with Crippen molar-refractivity contribution in [3.63, 3.8) is 0 Å². The molecule has 10 aromatic rings. The van der Waals surface area contributed by atoms with Gasteiger partial charge in [-0.3, -0.25) is 4.99 Å². The van der Waals surface area contributed by atoms with Gasteiger partial charge in [0.1, 0.15) is 23.0 Å². The monoisotopic (exact) mass is 705 g/mol. The van der Waals surface area contributed by atoms with Gasteiger partial charge in [0.2, 0.25) is 0 Å². The number of nitrogens with zero attached hydrogens (tertiary/aromatic N) is 2. The summed E-state index contributed by atoms with van der Waals surface area (Å²) in [5.41, 5.74) is 13.3. The second-order valence-electron chi connectivity index (χ2n) is 14.4. The predicted molar refractivity (Wildman–Crippen MR) is 227 cm³/mol. The standard InChI is InChI=1S/C51H35N3O/c1-4-14-33(15-5-1)36-26-28-42-41-22-10-11-24-44(41)54(45(42)31-36)39-27-29-43-47(32-39)55-46-25-13-23-40(48(43)46)37-20-12-21-38(30-37)51-52-49(34-16-6-2-7-17-34)50(53-51)35-18-8-3-9-19-35/h1-32,49-50H,(H,52,53)/t49-,50?/m0/s1. The first-order valence-corrected chi connectivity index (χ1v) is 18.9. The van der Waals surface area contributed by atoms with Gasteiger partial charge in [-0.25, -0.2) is 0 Å². The zero-order chi connectivity index (χ0) is 36.3. The molecule has 0 radical (unpaired) electrons. The van der Waals surface area contributed by atoms with Crippen molar-refractivity contribution >= 4 is 49.6 Å². The van der Waals surface area contributed by atoms with E-state index in [1.54, 1.807) is 0 Å². The van der Waals surface area contributed by atoms with Crippen molar-refractivity contribution in [2.75, 3.05) is 0 Å². The molecular formula is C51H35N3O. The highest BCUT2D eigenvalue weighted by Gasteiger charge is 2.32. The first-order valence-electron chi connectivity index (χ1n) is 18.9. The lowest BCUT2D eigenvalue weighted by Crippen LogP contribution is -2.25. The molecule has 2 atom stereocenters. The molecule has 1 aliphatic heterocycles. The van der Waals surface area contributed by atoms with Crippen molar-refractivity contribution < 1.29 is 4.42 Å². The first kappa shape index (κ1) is 31.4. The molecule has 0 fully saturated rings. The molecule has 3 heterocycles. The van der Waals surface area contributed by atoms with Crippen molar-refractivity contribution in [1.29, 1.82) is 0 Å². The molecule has 0 saturated heterocycles. The van der Waals surface area contributed by atoms with Crippen LogP contribution >= 0.6 is 0 Å². The molecule has 4 nitrogen and oxygen atoms in total. The average Bonchev–Trinajstić information content (AvgIpc) is 3.97. The van der Waals surface area contributed by atoms with Gasteiger partial charge in [0, 0.05) is 38.9 Å². The Morgan fingerprint density at radius 1 is 0.455 bits per heavy atom. The SMILES string of the molecule is c1ccc(-c2ccc3c4ccccc4n(-c4ccc5c(c4)oc4cccc(-c6cccc(C7=N[C@@H](c8ccccc8)C(c8ccccc8)N7)c6)c45)c3c2)cc1. The normalized spacial score (nSPS) is 15.5. The molecule has 0 spiro atoms. The maximum atomic E-state index is 6.68. The summed E-state index contributed by atoms with van der Waals surface area (Å²) in [6, 6.07) is 69.0. The van der Waals surface area contributed by atoms with Crippen molar-refractivity contribution in [3.05, 3.63) is 211 Å². The number of amidine groups is 1. The van der Waals surface area contributed by atoms with Gasteiger partial charge in [0.15, 0.2) is 0 Å². The summed E-state index contributed by atoms with van der Waals surface area (Å²) in [7, 11) is 0. The highest BCUT2D eigenvalue weighted by atomic mass is 16.3. The van der Waals surface area contributed by atoms with Crippen LogP contribution in [0.4, 0.5) is 0 Å². The van der Waals surface area contributed by atoms with E-state index in [0.717, 1.165) is 50.2 Å². The van der Waals surface area contributed by atoms with Gasteiger partial charge < -0.3 is 14.3 Å². The molecule has 1 N–H and O–H groups in total. The minimum Gasteiger partial charge on any atom is -0.456 e. The number of aliphatic imine (C=N–C) groups is 1. The number of fused-ring (bicyclic) bond motifs is 6. The van der Waals surface area contributed by atoms with Crippen LogP contribution in [0, 0.1) is 0 Å². The molecule has 8 aromatic carbocycles. The van der Waals surface area contributed by atoms with Crippen LogP contribution in [-0.4, -0.2) is 10.4 Å².